The molecule has 0 aromatic heterocycles. The minimum atomic E-state index is -4.49. The molecule has 1 aromatic carbocycles. The minimum Gasteiger partial charge on any atom is -0.496 e. The van der Waals surface area contributed by atoms with Crippen LogP contribution in [0.15, 0.2) is 17.0 Å². The molecule has 0 radical (unpaired) electrons. The Kier molecular flexibility index (Phi) is 6.94. The van der Waals surface area contributed by atoms with Crippen molar-refractivity contribution in [1.82, 2.24) is 4.90 Å². The lowest BCUT2D eigenvalue weighted by Gasteiger charge is -2.37. The Morgan fingerprint density at radius 2 is 2.04 bits per heavy atom. The zero-order valence-electron chi connectivity index (χ0n) is 16.2. The fourth-order valence-electron chi connectivity index (χ4n) is 4.23. The van der Waals surface area contributed by atoms with Gasteiger partial charge in [0.2, 0.25) is 0 Å². The Morgan fingerprint density at radius 3 is 2.64 bits per heavy atom. The van der Waals surface area contributed by atoms with Gasteiger partial charge in [-0.15, -0.1) is 11.8 Å². The molecule has 0 spiro atoms. The number of hydrogen-bond donors (Lipinski definition) is 0. The van der Waals surface area contributed by atoms with Gasteiger partial charge in [-0.25, -0.2) is 0 Å². The van der Waals surface area contributed by atoms with Crippen molar-refractivity contribution in [2.24, 2.45) is 5.92 Å². The van der Waals surface area contributed by atoms with Gasteiger partial charge >= 0.3 is 6.18 Å². The molecule has 0 N–H and O–H groups in total. The lowest BCUT2D eigenvalue weighted by atomic mass is 9.87. The van der Waals surface area contributed by atoms with Crippen LogP contribution in [-0.4, -0.2) is 56.4 Å². The molecule has 156 valence electrons. The molecular formula is C20H26F3NO3S. The summed E-state index contributed by atoms with van der Waals surface area (Å²) in [6.07, 6.45) is 0.649. The molecule has 2 aliphatic heterocycles. The van der Waals surface area contributed by atoms with Crippen LogP contribution in [0.5, 0.6) is 5.75 Å². The number of carbonyl (C=O) groups excluding carboxylic acids is 1. The predicted octanol–water partition coefficient (Wildman–Crippen LogP) is 4.51. The molecule has 2 heterocycles. The van der Waals surface area contributed by atoms with Gasteiger partial charge in [0.25, 0.3) is 0 Å². The normalized spacial score (nSPS) is 23.8. The number of likely N-dealkylation sites (tertiary alicyclic amines) is 1. The summed E-state index contributed by atoms with van der Waals surface area (Å²) in [6.45, 7) is 3.26. The van der Waals surface area contributed by atoms with E-state index in [1.54, 1.807) is 6.26 Å². The quantitative estimate of drug-likeness (QED) is 0.503. The standard InChI is InChI=1S/C20H26F3NO3S/c1-26-17-10-14(20(21,22)23)11-18(28-2)19(17)16(25)9-13-12-27-8-5-15(13)24-6-3-4-7-24/h10-11,13,15H,3-9,12H2,1-2H3/t13-,15-/m0/s1. The Balaban J connectivity index is 1.86. The molecule has 0 amide bonds. The summed E-state index contributed by atoms with van der Waals surface area (Å²) < 4.78 is 50.3. The lowest BCUT2D eigenvalue weighted by Crippen LogP contribution is -2.45. The van der Waals surface area contributed by atoms with E-state index < -0.39 is 11.7 Å². The van der Waals surface area contributed by atoms with E-state index in [4.69, 9.17) is 9.47 Å². The van der Waals surface area contributed by atoms with E-state index in [1.807, 2.05) is 0 Å². The van der Waals surface area contributed by atoms with Gasteiger partial charge in [-0.05, 0) is 50.7 Å². The first kappa shape index (κ1) is 21.5. The molecule has 0 bridgehead atoms. The Bertz CT molecular complexity index is 679. The number of rotatable bonds is 6. The number of ketones is 1. The number of thioether (sulfide) groups is 1. The third kappa shape index (κ3) is 4.66. The maximum absolute atomic E-state index is 13.2. The zero-order chi connectivity index (χ0) is 20.3. The van der Waals surface area contributed by atoms with Crippen LogP contribution in [0.1, 0.15) is 41.6 Å². The van der Waals surface area contributed by atoms with Gasteiger partial charge in [0.1, 0.15) is 5.75 Å². The SMILES string of the molecule is COc1cc(C(F)(F)F)cc(SC)c1C(=O)C[C@H]1COCC[C@@H]1N1CCCC1. The number of methoxy groups -OCH3 is 1. The van der Waals surface area contributed by atoms with Crippen LogP contribution in [0.25, 0.3) is 0 Å². The number of nitrogens with zero attached hydrogens (tertiary/aromatic N) is 1. The molecule has 8 heteroatoms. The van der Waals surface area contributed by atoms with E-state index >= 15 is 0 Å². The molecule has 0 unspecified atom stereocenters. The van der Waals surface area contributed by atoms with Crippen molar-refractivity contribution in [2.75, 3.05) is 39.7 Å². The number of alkyl halides is 3. The molecule has 0 saturated carbocycles. The van der Waals surface area contributed by atoms with Gasteiger partial charge in [-0.3, -0.25) is 9.69 Å². The minimum absolute atomic E-state index is 0.0152. The third-order valence-electron chi connectivity index (χ3n) is 5.60. The first-order chi connectivity index (χ1) is 13.3. The Morgan fingerprint density at radius 1 is 1.32 bits per heavy atom. The lowest BCUT2D eigenvalue weighted by molar-refractivity contribution is -0.137. The van der Waals surface area contributed by atoms with Crippen molar-refractivity contribution in [3.8, 4) is 5.75 Å². The molecule has 4 nitrogen and oxygen atoms in total. The largest absolute Gasteiger partial charge is 0.496 e. The third-order valence-corrected chi connectivity index (χ3v) is 6.37. The Labute approximate surface area is 167 Å². The predicted molar refractivity (Wildman–Crippen MR) is 102 cm³/mol. The maximum atomic E-state index is 13.2. The molecule has 2 atom stereocenters. The number of ether oxygens (including phenoxy) is 2. The van der Waals surface area contributed by atoms with Gasteiger partial charge in [-0.1, -0.05) is 0 Å². The highest BCUT2D eigenvalue weighted by Gasteiger charge is 2.36. The fraction of sp³-hybridized carbons (Fsp3) is 0.650. The average molecular weight is 417 g/mol. The van der Waals surface area contributed by atoms with Crippen molar-refractivity contribution < 1.29 is 27.4 Å². The van der Waals surface area contributed by atoms with E-state index in [0.29, 0.717) is 24.2 Å². The van der Waals surface area contributed by atoms with Crippen LogP contribution in [0.3, 0.4) is 0 Å². The topological polar surface area (TPSA) is 38.8 Å². The van der Waals surface area contributed by atoms with Crippen molar-refractivity contribution in [2.45, 2.75) is 42.8 Å². The number of Topliss-reactive ketones (excluding diaryl/α,β-unsaturated/α-hetero) is 1. The summed E-state index contributed by atoms with van der Waals surface area (Å²) in [4.78, 5) is 15.9. The van der Waals surface area contributed by atoms with Gasteiger partial charge in [0.05, 0.1) is 24.8 Å². The van der Waals surface area contributed by atoms with Crippen LogP contribution in [-0.2, 0) is 10.9 Å². The molecular weight excluding hydrogens is 391 g/mol. The van der Waals surface area contributed by atoms with E-state index in [1.165, 1.54) is 20.0 Å². The first-order valence-corrected chi connectivity index (χ1v) is 10.8. The summed E-state index contributed by atoms with van der Waals surface area (Å²) in [6, 6.07) is 2.25. The number of carbonyl (C=O) groups is 1. The molecule has 2 fully saturated rings. The highest BCUT2D eigenvalue weighted by molar-refractivity contribution is 7.98. The highest BCUT2D eigenvalue weighted by atomic mass is 32.2. The summed E-state index contributed by atoms with van der Waals surface area (Å²) in [7, 11) is 1.30. The van der Waals surface area contributed by atoms with E-state index in [2.05, 4.69) is 4.90 Å². The second-order valence-electron chi connectivity index (χ2n) is 7.31. The van der Waals surface area contributed by atoms with Crippen LogP contribution < -0.4 is 4.74 Å². The van der Waals surface area contributed by atoms with Gasteiger partial charge < -0.3 is 9.47 Å². The summed E-state index contributed by atoms with van der Waals surface area (Å²) in [5, 5.41) is 0. The highest BCUT2D eigenvalue weighted by Crippen LogP contribution is 2.39. The number of hydrogen-bond acceptors (Lipinski definition) is 5. The zero-order valence-corrected chi connectivity index (χ0v) is 17.0. The molecule has 3 rings (SSSR count). The second-order valence-corrected chi connectivity index (χ2v) is 8.16. The number of halogens is 3. The molecule has 28 heavy (non-hydrogen) atoms. The first-order valence-electron chi connectivity index (χ1n) is 9.53. The number of benzene rings is 1. The average Bonchev–Trinajstić information content (AvgIpc) is 3.21. The van der Waals surface area contributed by atoms with Gasteiger partial charge in [0, 0.05) is 29.9 Å². The summed E-state index contributed by atoms with van der Waals surface area (Å²) in [5.41, 5.74) is -0.560. The van der Waals surface area contributed by atoms with Crippen LogP contribution in [0, 0.1) is 5.92 Å². The fourth-order valence-corrected chi connectivity index (χ4v) is 4.89. The van der Waals surface area contributed by atoms with Crippen LogP contribution >= 0.6 is 11.8 Å². The summed E-state index contributed by atoms with van der Waals surface area (Å²) in [5.74, 6) is -0.158. The smallest absolute Gasteiger partial charge is 0.416 e. The van der Waals surface area contributed by atoms with Gasteiger partial charge in [-0.2, -0.15) is 13.2 Å². The van der Waals surface area contributed by atoms with Crippen LogP contribution in [0.4, 0.5) is 13.2 Å². The van der Waals surface area contributed by atoms with Crippen LogP contribution in [0.2, 0.25) is 0 Å². The summed E-state index contributed by atoms with van der Waals surface area (Å²) >= 11 is 1.13. The van der Waals surface area contributed by atoms with E-state index in [-0.39, 0.29) is 29.4 Å². The van der Waals surface area contributed by atoms with Crippen molar-refractivity contribution in [1.29, 1.82) is 0 Å². The molecule has 0 aliphatic carbocycles. The van der Waals surface area contributed by atoms with E-state index in [9.17, 15) is 18.0 Å². The van der Waals surface area contributed by atoms with E-state index in [0.717, 1.165) is 43.4 Å². The molecule has 2 aliphatic rings. The Hall–Kier alpha value is -1.25. The second kappa shape index (κ2) is 9.05. The van der Waals surface area contributed by atoms with Crippen molar-refractivity contribution >= 4 is 17.5 Å². The van der Waals surface area contributed by atoms with Crippen molar-refractivity contribution in [3.63, 3.8) is 0 Å². The molecule has 2 saturated heterocycles. The van der Waals surface area contributed by atoms with Crippen molar-refractivity contribution in [3.05, 3.63) is 23.3 Å². The monoisotopic (exact) mass is 417 g/mol. The maximum Gasteiger partial charge on any atom is 0.416 e. The van der Waals surface area contributed by atoms with Gasteiger partial charge in [0.15, 0.2) is 5.78 Å². The molecule has 1 aromatic rings.